The first-order chi connectivity index (χ1) is 8.90. The highest BCUT2D eigenvalue weighted by atomic mass is 127. The van der Waals surface area contributed by atoms with Gasteiger partial charge in [-0.1, -0.05) is 12.1 Å². The average molecular weight is 377 g/mol. The Kier molecular flexibility index (Phi) is 5.55. The molecule has 7 nitrogen and oxygen atoms in total. The van der Waals surface area contributed by atoms with Gasteiger partial charge in [-0.3, -0.25) is 4.79 Å². The summed E-state index contributed by atoms with van der Waals surface area (Å²) >= 11 is 2.03. The topological polar surface area (TPSA) is 122 Å². The third kappa shape index (κ3) is 5.12. The second kappa shape index (κ2) is 6.92. The van der Waals surface area contributed by atoms with Crippen molar-refractivity contribution in [2.24, 2.45) is 5.73 Å². The van der Waals surface area contributed by atoms with Crippen molar-refractivity contribution < 1.29 is 19.5 Å². The SMILES string of the molecule is NC(=O)C[C@@H](NC(=O)Nc1ccccc1I)C(=O)O. The number of carbonyl (C=O) groups is 3. The van der Waals surface area contributed by atoms with Gasteiger partial charge in [0.1, 0.15) is 6.04 Å². The van der Waals surface area contributed by atoms with Crippen LogP contribution in [0.2, 0.25) is 0 Å². The molecule has 1 atom stereocenters. The van der Waals surface area contributed by atoms with Crippen molar-refractivity contribution in [3.05, 3.63) is 27.8 Å². The van der Waals surface area contributed by atoms with E-state index in [1.807, 2.05) is 22.6 Å². The van der Waals surface area contributed by atoms with E-state index in [0.717, 1.165) is 3.57 Å². The maximum atomic E-state index is 11.6. The second-order valence-corrected chi connectivity index (χ2v) is 4.80. The Morgan fingerprint density at radius 1 is 1.32 bits per heavy atom. The molecule has 1 rings (SSSR count). The zero-order valence-corrected chi connectivity index (χ0v) is 11.9. The standard InChI is InChI=1S/C11H12IN3O4/c12-6-3-1-2-4-7(6)14-11(19)15-8(10(17)18)5-9(13)16/h1-4,8H,5H2,(H2,13,16)(H,17,18)(H2,14,15,19)/t8-/m1/s1. The second-order valence-electron chi connectivity index (χ2n) is 3.64. The van der Waals surface area contributed by atoms with Gasteiger partial charge in [0, 0.05) is 3.57 Å². The fourth-order valence-corrected chi connectivity index (χ4v) is 1.80. The fourth-order valence-electron chi connectivity index (χ4n) is 1.28. The van der Waals surface area contributed by atoms with Crippen LogP contribution in [-0.4, -0.2) is 29.1 Å². The van der Waals surface area contributed by atoms with Crippen LogP contribution in [0, 0.1) is 3.57 Å². The van der Waals surface area contributed by atoms with Crippen LogP contribution in [0.1, 0.15) is 6.42 Å². The Morgan fingerprint density at radius 3 is 2.47 bits per heavy atom. The molecule has 3 amide bonds. The zero-order chi connectivity index (χ0) is 14.4. The minimum absolute atomic E-state index is 0.464. The lowest BCUT2D eigenvalue weighted by atomic mass is 10.2. The van der Waals surface area contributed by atoms with E-state index >= 15 is 0 Å². The van der Waals surface area contributed by atoms with Crippen LogP contribution < -0.4 is 16.4 Å². The molecular formula is C11H12IN3O4. The van der Waals surface area contributed by atoms with Crippen LogP contribution in [-0.2, 0) is 9.59 Å². The fraction of sp³-hybridized carbons (Fsp3) is 0.182. The molecular weight excluding hydrogens is 365 g/mol. The summed E-state index contributed by atoms with van der Waals surface area (Å²) in [6.45, 7) is 0. The number of para-hydroxylation sites is 1. The molecule has 0 saturated heterocycles. The summed E-state index contributed by atoms with van der Waals surface area (Å²) in [5.41, 5.74) is 5.45. The van der Waals surface area contributed by atoms with E-state index in [9.17, 15) is 14.4 Å². The summed E-state index contributed by atoms with van der Waals surface area (Å²) in [5.74, 6) is -2.13. The van der Waals surface area contributed by atoms with Gasteiger partial charge in [0.05, 0.1) is 12.1 Å². The highest BCUT2D eigenvalue weighted by molar-refractivity contribution is 14.1. The first-order valence-corrected chi connectivity index (χ1v) is 6.31. The number of hydrogen-bond donors (Lipinski definition) is 4. The van der Waals surface area contributed by atoms with Crippen molar-refractivity contribution in [1.82, 2.24) is 5.32 Å². The van der Waals surface area contributed by atoms with Crippen LogP contribution >= 0.6 is 22.6 Å². The van der Waals surface area contributed by atoms with Crippen molar-refractivity contribution in [3.63, 3.8) is 0 Å². The largest absolute Gasteiger partial charge is 0.480 e. The Labute approximate surface area is 122 Å². The molecule has 0 radical (unpaired) electrons. The molecule has 0 aliphatic rings. The maximum Gasteiger partial charge on any atom is 0.326 e. The molecule has 0 aliphatic heterocycles. The van der Waals surface area contributed by atoms with Crippen LogP contribution in [0.3, 0.4) is 0 Å². The van der Waals surface area contributed by atoms with Crippen molar-refractivity contribution in [1.29, 1.82) is 0 Å². The Hall–Kier alpha value is -1.84. The molecule has 0 heterocycles. The van der Waals surface area contributed by atoms with Crippen molar-refractivity contribution in [2.75, 3.05) is 5.32 Å². The molecule has 1 aromatic rings. The van der Waals surface area contributed by atoms with Gasteiger partial charge in [-0.2, -0.15) is 0 Å². The molecule has 0 bridgehead atoms. The minimum atomic E-state index is -1.35. The summed E-state index contributed by atoms with van der Waals surface area (Å²) in [4.78, 5) is 33.2. The number of rotatable bonds is 5. The number of halogens is 1. The number of carboxylic acids is 1. The zero-order valence-electron chi connectivity index (χ0n) is 9.72. The molecule has 5 N–H and O–H groups in total. The van der Waals surface area contributed by atoms with Gasteiger partial charge in [-0.05, 0) is 34.7 Å². The predicted octanol–water partition coefficient (Wildman–Crippen LogP) is 0.741. The highest BCUT2D eigenvalue weighted by Crippen LogP contribution is 2.16. The normalized spacial score (nSPS) is 11.4. The lowest BCUT2D eigenvalue weighted by Crippen LogP contribution is -2.45. The molecule has 0 aromatic heterocycles. The number of carboxylic acid groups (broad SMARTS) is 1. The summed E-state index contributed by atoms with van der Waals surface area (Å²) in [7, 11) is 0. The lowest BCUT2D eigenvalue weighted by molar-refractivity contribution is -0.140. The number of hydrogen-bond acceptors (Lipinski definition) is 3. The van der Waals surface area contributed by atoms with E-state index in [2.05, 4.69) is 10.6 Å². The summed E-state index contributed by atoms with van der Waals surface area (Å²) < 4.78 is 0.803. The van der Waals surface area contributed by atoms with Gasteiger partial charge in [0.15, 0.2) is 0 Å². The Morgan fingerprint density at radius 2 is 1.95 bits per heavy atom. The molecule has 1 aromatic carbocycles. The maximum absolute atomic E-state index is 11.6. The molecule has 102 valence electrons. The van der Waals surface area contributed by atoms with Crippen LogP contribution in [0.4, 0.5) is 10.5 Å². The molecule has 19 heavy (non-hydrogen) atoms. The molecule has 0 spiro atoms. The molecule has 0 fully saturated rings. The molecule has 8 heteroatoms. The van der Waals surface area contributed by atoms with Crippen LogP contribution in [0.15, 0.2) is 24.3 Å². The summed E-state index contributed by atoms with van der Waals surface area (Å²) in [6.07, 6.45) is -0.464. The summed E-state index contributed by atoms with van der Waals surface area (Å²) in [5, 5.41) is 13.5. The number of nitrogens with one attached hydrogen (secondary N) is 2. The quantitative estimate of drug-likeness (QED) is 0.566. The van der Waals surface area contributed by atoms with E-state index in [-0.39, 0.29) is 0 Å². The van der Waals surface area contributed by atoms with Crippen molar-refractivity contribution in [3.8, 4) is 0 Å². The molecule has 0 unspecified atom stereocenters. The predicted molar refractivity (Wildman–Crippen MR) is 76.5 cm³/mol. The number of primary amides is 1. The van der Waals surface area contributed by atoms with E-state index in [1.54, 1.807) is 24.3 Å². The van der Waals surface area contributed by atoms with Crippen molar-refractivity contribution in [2.45, 2.75) is 12.5 Å². The van der Waals surface area contributed by atoms with Gasteiger partial charge in [-0.15, -0.1) is 0 Å². The number of aliphatic carboxylic acids is 1. The smallest absolute Gasteiger partial charge is 0.326 e. The Balaban J connectivity index is 2.65. The summed E-state index contributed by atoms with van der Waals surface area (Å²) in [6, 6.07) is 4.93. The number of anilines is 1. The van der Waals surface area contributed by atoms with E-state index in [1.165, 1.54) is 0 Å². The number of nitrogens with two attached hydrogens (primary N) is 1. The number of benzene rings is 1. The number of carbonyl (C=O) groups excluding carboxylic acids is 2. The van der Waals surface area contributed by atoms with Gasteiger partial charge in [0.2, 0.25) is 5.91 Å². The first-order valence-electron chi connectivity index (χ1n) is 5.23. The Bertz CT molecular complexity index is 506. The van der Waals surface area contributed by atoms with E-state index in [0.29, 0.717) is 5.69 Å². The van der Waals surface area contributed by atoms with Crippen LogP contribution in [0.25, 0.3) is 0 Å². The van der Waals surface area contributed by atoms with Gasteiger partial charge in [0.25, 0.3) is 0 Å². The third-order valence-electron chi connectivity index (χ3n) is 2.13. The van der Waals surface area contributed by atoms with E-state index < -0.39 is 30.4 Å². The third-order valence-corrected chi connectivity index (χ3v) is 3.07. The lowest BCUT2D eigenvalue weighted by Gasteiger charge is -2.14. The number of amides is 3. The van der Waals surface area contributed by atoms with Crippen molar-refractivity contribution >= 4 is 46.2 Å². The van der Waals surface area contributed by atoms with Gasteiger partial charge < -0.3 is 21.5 Å². The van der Waals surface area contributed by atoms with Crippen LogP contribution in [0.5, 0.6) is 0 Å². The van der Waals surface area contributed by atoms with E-state index in [4.69, 9.17) is 10.8 Å². The first kappa shape index (κ1) is 15.2. The average Bonchev–Trinajstić information content (AvgIpc) is 2.30. The minimum Gasteiger partial charge on any atom is -0.480 e. The highest BCUT2D eigenvalue weighted by Gasteiger charge is 2.22. The molecule has 0 saturated carbocycles. The van der Waals surface area contributed by atoms with Gasteiger partial charge >= 0.3 is 12.0 Å². The number of urea groups is 1. The molecule has 0 aliphatic carbocycles. The monoisotopic (exact) mass is 377 g/mol. The van der Waals surface area contributed by atoms with Gasteiger partial charge in [-0.25, -0.2) is 9.59 Å².